The summed E-state index contributed by atoms with van der Waals surface area (Å²) in [5.74, 6) is -12.0. The lowest BCUT2D eigenvalue weighted by Gasteiger charge is -2.38. The van der Waals surface area contributed by atoms with Gasteiger partial charge in [-0.2, -0.15) is 0 Å². The number of phenolic OH excluding ortho intramolecular Hbond substituents is 1. The van der Waals surface area contributed by atoms with Crippen LogP contribution in [0.25, 0.3) is 11.0 Å². The second kappa shape index (κ2) is 24.2. The molecular formula is C61H74FN7O15. The van der Waals surface area contributed by atoms with E-state index >= 15 is 14.0 Å². The lowest BCUT2D eigenvalue weighted by atomic mass is 9.78. The van der Waals surface area contributed by atoms with Gasteiger partial charge in [-0.3, -0.25) is 33.8 Å². The number of phenols is 1. The van der Waals surface area contributed by atoms with Crippen LogP contribution in [-0.2, 0) is 23.8 Å². The number of hydrogen-bond acceptors (Lipinski definition) is 19. The number of amides is 1. The molecule has 10 atom stereocenters. The van der Waals surface area contributed by atoms with Crippen molar-refractivity contribution >= 4 is 57.8 Å². The Labute approximate surface area is 485 Å². The number of carboxylic acids is 1. The van der Waals surface area contributed by atoms with Crippen molar-refractivity contribution in [1.29, 1.82) is 0 Å². The van der Waals surface area contributed by atoms with Crippen molar-refractivity contribution < 1.29 is 72.5 Å². The second-order valence-corrected chi connectivity index (χ2v) is 23.2. The number of aliphatic imine (C=N–C) groups is 1. The van der Waals surface area contributed by atoms with Crippen LogP contribution in [0, 0.1) is 42.3 Å². The molecule has 84 heavy (non-hydrogen) atoms. The Bertz CT molecular complexity index is 3430. The Morgan fingerprint density at radius 3 is 2.30 bits per heavy atom. The van der Waals surface area contributed by atoms with Gasteiger partial charge in [-0.1, -0.05) is 45.9 Å². The molecule has 3 fully saturated rings. The van der Waals surface area contributed by atoms with Gasteiger partial charge in [0.15, 0.2) is 11.6 Å². The summed E-state index contributed by atoms with van der Waals surface area (Å²) in [4.78, 5) is 110. The van der Waals surface area contributed by atoms with E-state index in [1.165, 1.54) is 53.2 Å². The number of fused-ring (bicyclic) bond motifs is 15. The van der Waals surface area contributed by atoms with Crippen molar-refractivity contribution in [3.63, 3.8) is 0 Å². The van der Waals surface area contributed by atoms with Gasteiger partial charge < -0.3 is 64.4 Å². The zero-order valence-corrected chi connectivity index (χ0v) is 48.9. The number of aliphatic hydroxyl groups is 2. The first-order chi connectivity index (χ1) is 39.8. The second-order valence-electron chi connectivity index (χ2n) is 23.2. The maximum Gasteiger partial charge on any atom is 0.341 e. The summed E-state index contributed by atoms with van der Waals surface area (Å²) in [5.41, 5.74) is -2.04. The van der Waals surface area contributed by atoms with Crippen LogP contribution in [0.4, 0.5) is 10.2 Å². The molecule has 1 saturated carbocycles. The number of carbonyl (C=O) groups is 6. The van der Waals surface area contributed by atoms with Crippen molar-refractivity contribution in [1.82, 2.24) is 25.1 Å². The summed E-state index contributed by atoms with van der Waals surface area (Å²) in [6.45, 7) is 16.0. The number of methoxy groups -OCH3 is 1. The number of likely N-dealkylation sites (tertiary alicyclic amines) is 1. The number of rotatable bonds is 10. The molecule has 23 heteroatoms. The summed E-state index contributed by atoms with van der Waals surface area (Å²) in [6, 6.07) is 0.862. The fourth-order valence-corrected chi connectivity index (χ4v) is 12.3. The van der Waals surface area contributed by atoms with E-state index < -0.39 is 128 Å². The van der Waals surface area contributed by atoms with E-state index in [1.54, 1.807) is 54.2 Å². The van der Waals surface area contributed by atoms with E-state index in [-0.39, 0.29) is 82.6 Å². The number of ketones is 3. The average Bonchev–Trinajstić information content (AvgIpc) is 1.41. The van der Waals surface area contributed by atoms with Gasteiger partial charge in [0.25, 0.3) is 11.7 Å². The molecule has 1 aromatic carbocycles. The minimum Gasteiger partial charge on any atom is -0.507 e. The van der Waals surface area contributed by atoms with E-state index in [1.807, 2.05) is 6.92 Å². The molecule has 22 nitrogen and oxygen atoms in total. The van der Waals surface area contributed by atoms with Crippen LogP contribution in [0.1, 0.15) is 134 Å². The van der Waals surface area contributed by atoms with Gasteiger partial charge in [0.1, 0.15) is 40.2 Å². The Morgan fingerprint density at radius 2 is 1.65 bits per heavy atom. The van der Waals surface area contributed by atoms with Crippen molar-refractivity contribution in [2.75, 3.05) is 51.3 Å². The summed E-state index contributed by atoms with van der Waals surface area (Å²) < 4.78 is 41.5. The quantitative estimate of drug-likeness (QED) is 0.137. The summed E-state index contributed by atoms with van der Waals surface area (Å²) in [6.07, 6.45) is 6.84. The number of pyridine rings is 2. The smallest absolute Gasteiger partial charge is 0.341 e. The van der Waals surface area contributed by atoms with E-state index in [0.29, 0.717) is 32.5 Å². The number of piperidine rings is 1. The largest absolute Gasteiger partial charge is 0.507 e. The van der Waals surface area contributed by atoms with E-state index in [0.717, 1.165) is 30.9 Å². The third kappa shape index (κ3) is 11.4. The number of aromatic carboxylic acids is 1. The van der Waals surface area contributed by atoms with Crippen molar-refractivity contribution in [2.24, 2.45) is 34.6 Å². The van der Waals surface area contributed by atoms with Gasteiger partial charge >= 0.3 is 17.7 Å². The monoisotopic (exact) mass is 1160 g/mol. The average molecular weight is 1160 g/mol. The molecular weight excluding hydrogens is 1090 g/mol. The first-order valence-corrected chi connectivity index (χ1v) is 28.6. The zero-order chi connectivity index (χ0) is 61.0. The number of Topliss-reactive ketones (excluding diaryl/α,β-unsaturated/α-hetero) is 3. The number of carbonyl (C=O) groups excluding carboxylic acids is 5. The Kier molecular flexibility index (Phi) is 17.5. The first kappa shape index (κ1) is 61.0. The lowest BCUT2D eigenvalue weighted by Crippen LogP contribution is -2.48. The predicted molar refractivity (Wildman–Crippen MR) is 306 cm³/mol. The molecule has 7 heterocycles. The maximum absolute atomic E-state index is 16.0. The molecule has 3 aromatic rings. The Morgan fingerprint density at radius 1 is 0.952 bits per heavy atom. The topological polar surface area (TPSA) is 298 Å². The minimum absolute atomic E-state index is 0.0190. The molecule has 5 bridgehead atoms. The van der Waals surface area contributed by atoms with Crippen LogP contribution in [0.15, 0.2) is 69.6 Å². The molecule has 2 aromatic heterocycles. The molecule has 2 aliphatic carbocycles. The molecule has 7 aliphatic rings. The summed E-state index contributed by atoms with van der Waals surface area (Å²) in [7, 11) is 1.41. The molecule has 10 rings (SSSR count). The summed E-state index contributed by atoms with van der Waals surface area (Å²) >= 11 is 0. The van der Waals surface area contributed by atoms with E-state index in [2.05, 4.69) is 15.6 Å². The highest BCUT2D eigenvalue weighted by Gasteiger charge is 2.53. The highest BCUT2D eigenvalue weighted by molar-refractivity contribution is 6.32. The van der Waals surface area contributed by atoms with Crippen LogP contribution in [0.2, 0.25) is 0 Å². The van der Waals surface area contributed by atoms with E-state index in [9.17, 15) is 44.4 Å². The molecule has 0 radical (unpaired) electrons. The van der Waals surface area contributed by atoms with E-state index in [4.69, 9.17) is 23.9 Å². The van der Waals surface area contributed by atoms with Gasteiger partial charge in [-0.25, -0.2) is 14.2 Å². The molecule has 1 amide bonds. The van der Waals surface area contributed by atoms with Gasteiger partial charge in [0.2, 0.25) is 17.0 Å². The SMILES string of the molecule is CC/N=C1\CN(c2nc3c(cc2F)c(=O)c(C(=O)O)cn3C2CC2)CC1CNC1CCN(C2=C3NC(=O)/C(C)=C\C=C\[C@H](C)[C@H](O)[C@@H](C)[C@@H](O)[C@@H](C)[C@H](OC(C)=O)[C@H](C)[C@@H](OC)/C=C/O[C@@]4(C)Oc5c(C)c(O)c(c(c5C4=O)C2=O)C3=O)CC1. The third-order valence-corrected chi connectivity index (χ3v) is 17.4. The number of anilines is 1. The highest BCUT2D eigenvalue weighted by atomic mass is 19.1. The number of hydrogen-bond donors (Lipinski definition) is 6. The molecule has 450 valence electrons. The fraction of sp³-hybridized carbons (Fsp3) is 0.525. The van der Waals surface area contributed by atoms with Gasteiger partial charge in [0, 0.05) is 118 Å². The Balaban J connectivity index is 1.01. The standard InChI is InChI=1S/C61H74FN7O15/c1-11-63-41-27-68(58-40(62)23-38-51(74)39(60(79)80)26-69(37-15-16-37)57(38)66-58)25-35(41)24-64-36-17-20-67(21-18-36)47-46-52(75)44-43(53(47)76)45-55(33(7)50(44)73)84-61(9,56(45)77)82-22-19-42(81-10)30(4)54(83-34(8)70)32(6)49(72)31(5)48(71)28(2)13-12-14-29(3)59(78)65-46/h12-14,19,22-23,26,28,30-32,35-37,42,48-49,54,64,71-73H,11,15-18,20-21,24-25,27H2,1-10H3,(H,65,78)(H,79,80)/b13-12+,22-19+,29-14-,63-41+/t28-,30+,31+,32+,35?,42-,48-,49+,54+,61-/m0/s1. The number of aromatic nitrogens is 2. The number of nitrogens with one attached hydrogen (secondary N) is 2. The van der Waals surface area contributed by atoms with Crippen LogP contribution in [0.3, 0.4) is 0 Å². The number of nitrogens with zero attached hydrogens (tertiary/aromatic N) is 5. The minimum atomic E-state index is -2.16. The van der Waals surface area contributed by atoms with Crippen molar-refractivity contribution in [2.45, 2.75) is 130 Å². The van der Waals surface area contributed by atoms with Gasteiger partial charge in [0.05, 0.1) is 53.2 Å². The van der Waals surface area contributed by atoms with Crippen LogP contribution in [0.5, 0.6) is 11.5 Å². The zero-order valence-electron chi connectivity index (χ0n) is 48.9. The predicted octanol–water partition coefficient (Wildman–Crippen LogP) is 5.49. The van der Waals surface area contributed by atoms with Crippen LogP contribution < -0.4 is 25.7 Å². The lowest BCUT2D eigenvalue weighted by molar-refractivity contribution is -0.160. The number of aliphatic hydroxyl groups excluding tert-OH is 2. The number of carboxylic acid groups (broad SMARTS) is 1. The highest BCUT2D eigenvalue weighted by Crippen LogP contribution is 2.49. The number of ether oxygens (including phenoxy) is 4. The maximum atomic E-state index is 16.0. The molecule has 0 spiro atoms. The van der Waals surface area contributed by atoms with Crippen LogP contribution in [-0.4, -0.2) is 158 Å². The number of halogens is 1. The normalized spacial score (nSPS) is 30.1. The first-order valence-electron chi connectivity index (χ1n) is 28.6. The van der Waals surface area contributed by atoms with Crippen molar-refractivity contribution in [3.8, 4) is 11.5 Å². The fourth-order valence-electron chi connectivity index (χ4n) is 12.3. The number of esters is 1. The van der Waals surface area contributed by atoms with Crippen LogP contribution >= 0.6 is 0 Å². The molecule has 1 unspecified atom stereocenters. The Hall–Kier alpha value is -7.60. The number of aromatic hydroxyl groups is 1. The van der Waals surface area contributed by atoms with Gasteiger partial charge in [-0.05, 0) is 58.6 Å². The summed E-state index contributed by atoms with van der Waals surface area (Å²) in [5, 5.41) is 51.0. The van der Waals surface area contributed by atoms with Gasteiger partial charge in [-0.15, -0.1) is 0 Å². The number of allylic oxidation sites excluding steroid dienone is 4. The molecule has 2 saturated heterocycles. The number of benzene rings is 1. The molecule has 5 aliphatic heterocycles. The molecule has 6 N–H and O–H groups in total. The van der Waals surface area contributed by atoms with Crippen molar-refractivity contribution in [3.05, 3.63) is 104 Å². The third-order valence-electron chi connectivity index (χ3n) is 17.4.